The Hall–Kier alpha value is -1.27. The monoisotopic (exact) mass is 224 g/mol. The molecular weight excluding hydrogens is 213 g/mol. The minimum Gasteiger partial charge on any atom is -0.306 e. The second kappa shape index (κ2) is 3.71. The Morgan fingerprint density at radius 2 is 1.87 bits per heavy atom. The minimum atomic E-state index is -4.47. The summed E-state index contributed by atoms with van der Waals surface area (Å²) in [6, 6.07) is -1.28. The molecule has 0 aromatic rings. The molecule has 1 aliphatic heterocycles. The molecule has 4 nitrogen and oxygen atoms in total. The van der Waals surface area contributed by atoms with Gasteiger partial charge in [0.2, 0.25) is 0 Å². The molecule has 0 aromatic heterocycles. The third-order valence-electron chi connectivity index (χ3n) is 1.96. The minimum absolute atomic E-state index is 0.414. The van der Waals surface area contributed by atoms with Crippen molar-refractivity contribution in [3.05, 3.63) is 0 Å². The van der Waals surface area contributed by atoms with E-state index in [4.69, 9.17) is 0 Å². The van der Waals surface area contributed by atoms with Crippen molar-refractivity contribution in [2.75, 3.05) is 13.1 Å². The van der Waals surface area contributed by atoms with Crippen molar-refractivity contribution in [3.8, 4) is 0 Å². The van der Waals surface area contributed by atoms with E-state index in [1.165, 1.54) is 0 Å². The van der Waals surface area contributed by atoms with Crippen LogP contribution in [0.15, 0.2) is 0 Å². The van der Waals surface area contributed by atoms with Gasteiger partial charge in [0.25, 0.3) is 5.91 Å². The summed E-state index contributed by atoms with van der Waals surface area (Å²) in [5.74, 6) is -0.584. The summed E-state index contributed by atoms with van der Waals surface area (Å²) in [6.45, 7) is 1.29. The number of rotatable bonds is 2. The van der Waals surface area contributed by atoms with Crippen LogP contribution in [0.25, 0.3) is 0 Å². The first-order chi connectivity index (χ1) is 6.72. The molecule has 3 amide bonds. The van der Waals surface area contributed by atoms with Crippen molar-refractivity contribution < 1.29 is 22.8 Å². The van der Waals surface area contributed by atoms with Crippen molar-refractivity contribution in [2.24, 2.45) is 0 Å². The van der Waals surface area contributed by atoms with Crippen LogP contribution in [-0.4, -0.2) is 47.0 Å². The summed E-state index contributed by atoms with van der Waals surface area (Å²) < 4.78 is 36.0. The van der Waals surface area contributed by atoms with E-state index >= 15 is 0 Å². The number of imide groups is 1. The Morgan fingerprint density at radius 1 is 1.33 bits per heavy atom. The predicted octanol–water partition coefficient (Wildman–Crippen LogP) is 1.22. The summed E-state index contributed by atoms with van der Waals surface area (Å²) in [6.07, 6.45) is -4.47. The average Bonchev–Trinajstić information content (AvgIpc) is 2.23. The molecule has 0 N–H and O–H groups in total. The standard InChI is InChI=1S/C8H11F3N2O2/c1-5(2)13-6(14)3-12(7(13)15)4-8(9,10)11/h5H,3-4H2,1-2H3. The molecule has 1 saturated heterocycles. The normalized spacial score (nSPS) is 18.3. The van der Waals surface area contributed by atoms with Gasteiger partial charge in [0, 0.05) is 6.04 Å². The van der Waals surface area contributed by atoms with E-state index in [1.807, 2.05) is 0 Å². The molecule has 0 aromatic carbocycles. The highest BCUT2D eigenvalue weighted by Gasteiger charge is 2.42. The quantitative estimate of drug-likeness (QED) is 0.662. The molecule has 1 heterocycles. The molecule has 15 heavy (non-hydrogen) atoms. The van der Waals surface area contributed by atoms with E-state index in [-0.39, 0.29) is 0 Å². The summed E-state index contributed by atoms with van der Waals surface area (Å²) in [7, 11) is 0. The van der Waals surface area contributed by atoms with Gasteiger partial charge in [-0.25, -0.2) is 4.79 Å². The lowest BCUT2D eigenvalue weighted by Gasteiger charge is -2.20. The molecule has 0 atom stereocenters. The van der Waals surface area contributed by atoms with Gasteiger partial charge < -0.3 is 4.90 Å². The Kier molecular flexibility index (Phi) is 2.92. The van der Waals surface area contributed by atoms with E-state index in [0.29, 0.717) is 4.90 Å². The molecule has 1 aliphatic rings. The highest BCUT2D eigenvalue weighted by atomic mass is 19.4. The van der Waals surface area contributed by atoms with Gasteiger partial charge in [-0.05, 0) is 13.8 Å². The Morgan fingerprint density at radius 3 is 2.20 bits per heavy atom. The number of nitrogens with zero attached hydrogens (tertiary/aromatic N) is 2. The zero-order valence-electron chi connectivity index (χ0n) is 8.34. The van der Waals surface area contributed by atoms with Gasteiger partial charge in [0.15, 0.2) is 0 Å². The molecule has 1 fully saturated rings. The maximum Gasteiger partial charge on any atom is 0.406 e. The fraction of sp³-hybridized carbons (Fsp3) is 0.750. The largest absolute Gasteiger partial charge is 0.406 e. The summed E-state index contributed by atoms with van der Waals surface area (Å²) in [5.41, 5.74) is 0. The van der Waals surface area contributed by atoms with Gasteiger partial charge in [-0.2, -0.15) is 13.2 Å². The van der Waals surface area contributed by atoms with Crippen LogP contribution in [0.5, 0.6) is 0 Å². The summed E-state index contributed by atoms with van der Waals surface area (Å²) >= 11 is 0. The second-order valence-corrected chi connectivity index (χ2v) is 3.61. The number of carbonyl (C=O) groups excluding carboxylic acids is 2. The van der Waals surface area contributed by atoms with Crippen molar-refractivity contribution >= 4 is 11.9 Å². The van der Waals surface area contributed by atoms with E-state index in [9.17, 15) is 22.8 Å². The SMILES string of the molecule is CC(C)N1C(=O)CN(CC(F)(F)F)C1=O. The number of halogens is 3. The molecule has 0 unspecified atom stereocenters. The van der Waals surface area contributed by atoms with E-state index < -0.39 is 37.2 Å². The topological polar surface area (TPSA) is 40.6 Å². The zero-order valence-corrected chi connectivity index (χ0v) is 8.34. The second-order valence-electron chi connectivity index (χ2n) is 3.61. The molecule has 1 rings (SSSR count). The van der Waals surface area contributed by atoms with E-state index in [2.05, 4.69) is 0 Å². The van der Waals surface area contributed by atoms with Crippen LogP contribution < -0.4 is 0 Å². The first-order valence-corrected chi connectivity index (χ1v) is 4.40. The van der Waals surface area contributed by atoms with Gasteiger partial charge >= 0.3 is 12.2 Å². The fourth-order valence-corrected chi connectivity index (χ4v) is 1.41. The van der Waals surface area contributed by atoms with Crippen LogP contribution >= 0.6 is 0 Å². The van der Waals surface area contributed by atoms with Crippen LogP contribution in [0.4, 0.5) is 18.0 Å². The molecule has 0 aliphatic carbocycles. The van der Waals surface area contributed by atoms with Crippen LogP contribution in [0.1, 0.15) is 13.8 Å². The lowest BCUT2D eigenvalue weighted by Crippen LogP contribution is -2.40. The zero-order chi connectivity index (χ0) is 11.8. The van der Waals surface area contributed by atoms with Gasteiger partial charge in [0.1, 0.15) is 13.1 Å². The molecule has 0 radical (unpaired) electrons. The van der Waals surface area contributed by atoms with Gasteiger partial charge in [-0.15, -0.1) is 0 Å². The molecule has 7 heteroatoms. The van der Waals surface area contributed by atoms with Crippen LogP contribution in [0.3, 0.4) is 0 Å². The third-order valence-corrected chi connectivity index (χ3v) is 1.96. The fourth-order valence-electron chi connectivity index (χ4n) is 1.41. The smallest absolute Gasteiger partial charge is 0.306 e. The van der Waals surface area contributed by atoms with Crippen LogP contribution in [0, 0.1) is 0 Å². The molecule has 0 bridgehead atoms. The Labute approximate surface area is 84.6 Å². The first-order valence-electron chi connectivity index (χ1n) is 4.40. The van der Waals surface area contributed by atoms with Gasteiger partial charge in [0.05, 0.1) is 0 Å². The van der Waals surface area contributed by atoms with Crippen molar-refractivity contribution in [2.45, 2.75) is 26.1 Å². The molecule has 0 saturated carbocycles. The lowest BCUT2D eigenvalue weighted by molar-refractivity contribution is -0.139. The maximum absolute atomic E-state index is 12.0. The highest BCUT2D eigenvalue weighted by molar-refractivity contribution is 6.02. The van der Waals surface area contributed by atoms with Crippen LogP contribution in [-0.2, 0) is 4.79 Å². The number of amides is 3. The average molecular weight is 224 g/mol. The summed E-state index contributed by atoms with van der Waals surface area (Å²) in [5, 5.41) is 0. The van der Waals surface area contributed by atoms with E-state index in [1.54, 1.807) is 13.8 Å². The number of hydrogen-bond donors (Lipinski definition) is 0. The van der Waals surface area contributed by atoms with Crippen molar-refractivity contribution in [1.29, 1.82) is 0 Å². The Balaban J connectivity index is 2.74. The van der Waals surface area contributed by atoms with Crippen molar-refractivity contribution in [3.63, 3.8) is 0 Å². The molecule has 86 valence electrons. The molecular formula is C8H11F3N2O2. The van der Waals surface area contributed by atoms with E-state index in [0.717, 1.165) is 4.90 Å². The van der Waals surface area contributed by atoms with Gasteiger partial charge in [-0.1, -0.05) is 0 Å². The lowest BCUT2D eigenvalue weighted by atomic mass is 10.3. The maximum atomic E-state index is 12.0. The van der Waals surface area contributed by atoms with Gasteiger partial charge in [-0.3, -0.25) is 9.69 Å². The van der Waals surface area contributed by atoms with Crippen LogP contribution in [0.2, 0.25) is 0 Å². The van der Waals surface area contributed by atoms with Crippen molar-refractivity contribution in [1.82, 2.24) is 9.80 Å². The Bertz CT molecular complexity index is 288. The highest BCUT2D eigenvalue weighted by Crippen LogP contribution is 2.21. The number of carbonyl (C=O) groups is 2. The number of hydrogen-bond acceptors (Lipinski definition) is 2. The first kappa shape index (κ1) is 11.8. The number of alkyl halides is 3. The third kappa shape index (κ3) is 2.60. The summed E-state index contributed by atoms with van der Waals surface area (Å²) in [4.78, 5) is 23.9. The predicted molar refractivity (Wildman–Crippen MR) is 45.0 cm³/mol. The number of urea groups is 1. The molecule has 0 spiro atoms.